The molecule has 0 unspecified atom stereocenters. The predicted molar refractivity (Wildman–Crippen MR) is 154 cm³/mol. The highest BCUT2D eigenvalue weighted by molar-refractivity contribution is 7.99. The third kappa shape index (κ3) is 5.70. The number of carbonyl (C=O) groups is 1. The van der Waals surface area contributed by atoms with Gasteiger partial charge in [-0.05, 0) is 75.4 Å². The number of allylic oxidation sites excluding steroid dienone is 1. The highest BCUT2D eigenvalue weighted by Crippen LogP contribution is 2.36. The molecule has 0 radical (unpaired) electrons. The summed E-state index contributed by atoms with van der Waals surface area (Å²) in [6.45, 7) is 7.48. The van der Waals surface area contributed by atoms with Crippen LogP contribution in [0.1, 0.15) is 42.6 Å². The molecule has 41 heavy (non-hydrogen) atoms. The van der Waals surface area contributed by atoms with Gasteiger partial charge in [0.2, 0.25) is 0 Å². The Bertz CT molecular complexity index is 1830. The van der Waals surface area contributed by atoms with Gasteiger partial charge in [0.05, 0.1) is 42.7 Å². The van der Waals surface area contributed by atoms with E-state index in [4.69, 9.17) is 18.6 Å². The first-order valence-corrected chi connectivity index (χ1v) is 14.4. The fourth-order valence-corrected chi connectivity index (χ4v) is 6.41. The lowest BCUT2D eigenvalue weighted by atomic mass is 9.95. The SMILES string of the molecule is CCOC(=O)C1=C(C)N=c2s/c(=C/c3ccc(Sc4nc(C)cc(C)n4)o3)c(=O)n2[C@H]1c1ccc(OC)c(OC)c1. The zero-order valence-corrected chi connectivity index (χ0v) is 25.0. The number of furan rings is 1. The monoisotopic (exact) mass is 592 g/mol. The third-order valence-electron chi connectivity index (χ3n) is 6.27. The number of thiazole rings is 1. The number of benzene rings is 1. The van der Waals surface area contributed by atoms with E-state index in [1.807, 2.05) is 26.0 Å². The maximum Gasteiger partial charge on any atom is 0.338 e. The zero-order chi connectivity index (χ0) is 29.3. The number of aryl methyl sites for hydroxylation is 2. The fraction of sp³-hybridized carbons (Fsp3) is 0.276. The normalized spacial score (nSPS) is 15.0. The molecule has 4 aromatic rings. The van der Waals surface area contributed by atoms with Crippen molar-refractivity contribution in [1.82, 2.24) is 14.5 Å². The number of methoxy groups -OCH3 is 2. The third-order valence-corrected chi connectivity index (χ3v) is 8.04. The van der Waals surface area contributed by atoms with Crippen LogP contribution in [0.3, 0.4) is 0 Å². The van der Waals surface area contributed by atoms with E-state index in [2.05, 4.69) is 15.0 Å². The zero-order valence-electron chi connectivity index (χ0n) is 23.4. The van der Waals surface area contributed by atoms with E-state index < -0.39 is 12.0 Å². The van der Waals surface area contributed by atoms with E-state index in [-0.39, 0.29) is 17.7 Å². The van der Waals surface area contributed by atoms with Crippen LogP contribution in [-0.2, 0) is 9.53 Å². The lowest BCUT2D eigenvalue weighted by molar-refractivity contribution is -0.139. The Balaban J connectivity index is 1.59. The van der Waals surface area contributed by atoms with Crippen molar-refractivity contribution in [2.24, 2.45) is 4.99 Å². The van der Waals surface area contributed by atoms with Gasteiger partial charge in [-0.3, -0.25) is 9.36 Å². The molecule has 4 heterocycles. The number of hydrogen-bond acceptors (Lipinski definition) is 11. The standard InChI is InChI=1S/C29H28N4O6S2/c1-7-38-27(35)24-17(4)32-29-33(25(24)18-8-10-20(36-5)21(13-18)37-6)26(34)22(40-29)14-19-9-11-23(39-19)41-28-30-15(2)12-16(3)31-28/h8-14,25H,7H2,1-6H3/b22-14+/t25-/m0/s1. The second-order valence-corrected chi connectivity index (χ2v) is 11.1. The molecule has 1 atom stereocenters. The van der Waals surface area contributed by atoms with Crippen molar-refractivity contribution < 1.29 is 23.4 Å². The number of hydrogen-bond donors (Lipinski definition) is 0. The first kappa shape index (κ1) is 28.4. The van der Waals surface area contributed by atoms with Gasteiger partial charge in [0, 0.05) is 17.5 Å². The summed E-state index contributed by atoms with van der Waals surface area (Å²) >= 11 is 2.52. The summed E-state index contributed by atoms with van der Waals surface area (Å²) in [5.41, 5.74) is 2.83. The van der Waals surface area contributed by atoms with Crippen LogP contribution in [-0.4, -0.2) is 41.3 Å². The summed E-state index contributed by atoms with van der Waals surface area (Å²) in [6.07, 6.45) is 1.67. The molecular weight excluding hydrogens is 564 g/mol. The van der Waals surface area contributed by atoms with Gasteiger partial charge in [-0.2, -0.15) is 0 Å². The molecule has 1 aromatic carbocycles. The fourth-order valence-electron chi connectivity index (χ4n) is 4.56. The highest BCUT2D eigenvalue weighted by atomic mass is 32.2. The molecular formula is C29H28N4O6S2. The predicted octanol–water partition coefficient (Wildman–Crippen LogP) is 3.97. The molecule has 0 saturated carbocycles. The highest BCUT2D eigenvalue weighted by Gasteiger charge is 2.34. The van der Waals surface area contributed by atoms with Crippen molar-refractivity contribution in [3.8, 4) is 11.5 Å². The number of ether oxygens (including phenoxy) is 3. The van der Waals surface area contributed by atoms with Crippen LogP contribution < -0.4 is 24.4 Å². The Hall–Kier alpha value is -4.16. The summed E-state index contributed by atoms with van der Waals surface area (Å²) in [5, 5.41) is 1.18. The second kappa shape index (κ2) is 11.8. The average Bonchev–Trinajstić information content (AvgIpc) is 3.50. The van der Waals surface area contributed by atoms with Gasteiger partial charge in [-0.25, -0.2) is 19.8 Å². The van der Waals surface area contributed by atoms with Crippen LogP contribution in [0.4, 0.5) is 0 Å². The summed E-state index contributed by atoms with van der Waals surface area (Å²) in [7, 11) is 3.07. The van der Waals surface area contributed by atoms with E-state index in [9.17, 15) is 9.59 Å². The molecule has 1 aliphatic rings. The Morgan fingerprint density at radius 3 is 2.49 bits per heavy atom. The van der Waals surface area contributed by atoms with Gasteiger partial charge in [-0.15, -0.1) is 0 Å². The van der Waals surface area contributed by atoms with Crippen LogP contribution >= 0.6 is 23.1 Å². The number of nitrogens with zero attached hydrogens (tertiary/aromatic N) is 4. The minimum Gasteiger partial charge on any atom is -0.493 e. The van der Waals surface area contributed by atoms with Gasteiger partial charge in [0.15, 0.2) is 26.5 Å². The molecule has 0 bridgehead atoms. The number of fused-ring (bicyclic) bond motifs is 1. The molecule has 12 heteroatoms. The van der Waals surface area contributed by atoms with E-state index in [1.54, 1.807) is 51.3 Å². The molecule has 0 aliphatic carbocycles. The lowest BCUT2D eigenvalue weighted by Gasteiger charge is -2.25. The smallest absolute Gasteiger partial charge is 0.338 e. The molecule has 212 valence electrons. The first-order valence-electron chi connectivity index (χ1n) is 12.7. The van der Waals surface area contributed by atoms with Gasteiger partial charge in [0.25, 0.3) is 5.56 Å². The molecule has 0 spiro atoms. The molecule has 3 aromatic heterocycles. The first-order chi connectivity index (χ1) is 19.7. The maximum atomic E-state index is 13.9. The van der Waals surface area contributed by atoms with E-state index >= 15 is 0 Å². The minimum atomic E-state index is -0.781. The number of aromatic nitrogens is 3. The van der Waals surface area contributed by atoms with Crippen LogP contribution in [0.5, 0.6) is 11.5 Å². The van der Waals surface area contributed by atoms with Crippen LogP contribution in [0.15, 0.2) is 72.1 Å². The van der Waals surface area contributed by atoms with Crippen molar-refractivity contribution >= 4 is 35.1 Å². The number of carbonyl (C=O) groups excluding carboxylic acids is 1. The van der Waals surface area contributed by atoms with Crippen molar-refractivity contribution in [3.05, 3.63) is 90.1 Å². The second-order valence-electron chi connectivity index (χ2n) is 9.11. The van der Waals surface area contributed by atoms with Crippen molar-refractivity contribution in [2.75, 3.05) is 20.8 Å². The van der Waals surface area contributed by atoms with E-state index in [0.717, 1.165) is 11.4 Å². The van der Waals surface area contributed by atoms with Gasteiger partial charge in [0.1, 0.15) is 5.76 Å². The van der Waals surface area contributed by atoms with Crippen LogP contribution in [0.25, 0.3) is 6.08 Å². The summed E-state index contributed by atoms with van der Waals surface area (Å²) in [4.78, 5) is 41.0. The summed E-state index contributed by atoms with van der Waals surface area (Å²) in [6, 6.07) is 10.0. The van der Waals surface area contributed by atoms with Gasteiger partial charge in [-0.1, -0.05) is 17.4 Å². The molecule has 0 fully saturated rings. The largest absolute Gasteiger partial charge is 0.493 e. The molecule has 5 rings (SSSR count). The molecule has 0 amide bonds. The number of esters is 1. The Morgan fingerprint density at radius 2 is 1.80 bits per heavy atom. The van der Waals surface area contributed by atoms with Crippen molar-refractivity contribution in [2.45, 2.75) is 44.0 Å². The van der Waals surface area contributed by atoms with Gasteiger partial charge >= 0.3 is 5.97 Å². The maximum absolute atomic E-state index is 13.9. The molecule has 10 nitrogen and oxygen atoms in total. The number of rotatable bonds is 8. The molecule has 1 aliphatic heterocycles. The van der Waals surface area contributed by atoms with Crippen molar-refractivity contribution in [3.63, 3.8) is 0 Å². The lowest BCUT2D eigenvalue weighted by Crippen LogP contribution is -2.39. The van der Waals surface area contributed by atoms with E-state index in [1.165, 1.54) is 34.8 Å². The molecule has 0 N–H and O–H groups in total. The average molecular weight is 593 g/mol. The Morgan fingerprint density at radius 1 is 1.07 bits per heavy atom. The molecule has 0 saturated heterocycles. The topological polar surface area (TPSA) is 118 Å². The van der Waals surface area contributed by atoms with Crippen LogP contribution in [0.2, 0.25) is 0 Å². The Labute approximate surface area is 244 Å². The van der Waals surface area contributed by atoms with Crippen molar-refractivity contribution in [1.29, 1.82) is 0 Å². The summed E-state index contributed by atoms with van der Waals surface area (Å²) in [5.74, 6) is 0.952. The quantitative estimate of drug-likeness (QED) is 0.221. The van der Waals surface area contributed by atoms with E-state index in [0.29, 0.717) is 48.1 Å². The van der Waals surface area contributed by atoms with Gasteiger partial charge < -0.3 is 18.6 Å². The minimum absolute atomic E-state index is 0.185. The Kier molecular flexibility index (Phi) is 8.13. The van der Waals surface area contributed by atoms with Crippen LogP contribution in [0, 0.1) is 13.8 Å². The summed E-state index contributed by atoms with van der Waals surface area (Å²) < 4.78 is 24.2.